The Bertz CT molecular complexity index is 557. The van der Waals surface area contributed by atoms with Gasteiger partial charge in [-0.05, 0) is 41.9 Å². The molecule has 20 heavy (non-hydrogen) atoms. The average molecular weight is 290 g/mol. The Labute approximate surface area is 125 Å². The van der Waals surface area contributed by atoms with Gasteiger partial charge in [0.15, 0.2) is 0 Å². The SMILES string of the molecule is CCNCc1ccnc(N(C)Cc2cccc(Cl)c2)c1. The molecule has 0 aliphatic heterocycles. The Morgan fingerprint density at radius 1 is 1.20 bits per heavy atom. The molecule has 0 aliphatic rings. The minimum absolute atomic E-state index is 0.768. The van der Waals surface area contributed by atoms with E-state index in [1.807, 2.05) is 37.5 Å². The third-order valence-corrected chi connectivity index (χ3v) is 3.32. The summed E-state index contributed by atoms with van der Waals surface area (Å²) >= 11 is 6.01. The fraction of sp³-hybridized carbons (Fsp3) is 0.312. The maximum Gasteiger partial charge on any atom is 0.128 e. The first-order valence-electron chi connectivity index (χ1n) is 6.80. The van der Waals surface area contributed by atoms with E-state index < -0.39 is 0 Å². The monoisotopic (exact) mass is 289 g/mol. The van der Waals surface area contributed by atoms with Crippen LogP contribution in [0.1, 0.15) is 18.1 Å². The number of aromatic nitrogens is 1. The van der Waals surface area contributed by atoms with Gasteiger partial charge < -0.3 is 10.2 Å². The summed E-state index contributed by atoms with van der Waals surface area (Å²) in [5, 5.41) is 4.09. The highest BCUT2D eigenvalue weighted by Gasteiger charge is 2.05. The molecule has 0 saturated carbocycles. The third-order valence-electron chi connectivity index (χ3n) is 3.09. The summed E-state index contributed by atoms with van der Waals surface area (Å²) in [7, 11) is 2.04. The van der Waals surface area contributed by atoms with Crippen LogP contribution in [0.2, 0.25) is 5.02 Å². The average Bonchev–Trinajstić information content (AvgIpc) is 2.45. The van der Waals surface area contributed by atoms with Crippen LogP contribution in [0.5, 0.6) is 0 Å². The lowest BCUT2D eigenvalue weighted by Gasteiger charge is -2.19. The molecule has 1 heterocycles. The quantitative estimate of drug-likeness (QED) is 0.882. The summed E-state index contributed by atoms with van der Waals surface area (Å²) in [5.74, 6) is 0.973. The van der Waals surface area contributed by atoms with Gasteiger partial charge in [0, 0.05) is 31.4 Å². The Morgan fingerprint density at radius 3 is 2.80 bits per heavy atom. The molecule has 0 atom stereocenters. The zero-order valence-corrected chi connectivity index (χ0v) is 12.7. The van der Waals surface area contributed by atoms with Crippen LogP contribution >= 0.6 is 11.6 Å². The Kier molecular flexibility index (Phi) is 5.39. The number of hydrogen-bond acceptors (Lipinski definition) is 3. The van der Waals surface area contributed by atoms with Crippen LogP contribution in [0.25, 0.3) is 0 Å². The summed E-state index contributed by atoms with van der Waals surface area (Å²) in [6.45, 7) is 4.73. The molecule has 1 N–H and O–H groups in total. The number of hydrogen-bond donors (Lipinski definition) is 1. The van der Waals surface area contributed by atoms with Crippen molar-refractivity contribution in [3.8, 4) is 0 Å². The van der Waals surface area contributed by atoms with Gasteiger partial charge in [-0.15, -0.1) is 0 Å². The molecule has 3 nitrogen and oxygen atoms in total. The fourth-order valence-corrected chi connectivity index (χ4v) is 2.25. The highest BCUT2D eigenvalue weighted by atomic mass is 35.5. The minimum Gasteiger partial charge on any atom is -0.355 e. The maximum atomic E-state index is 6.01. The minimum atomic E-state index is 0.768. The topological polar surface area (TPSA) is 28.2 Å². The van der Waals surface area contributed by atoms with E-state index >= 15 is 0 Å². The van der Waals surface area contributed by atoms with E-state index in [-0.39, 0.29) is 0 Å². The highest BCUT2D eigenvalue weighted by molar-refractivity contribution is 6.30. The molecular formula is C16H20ClN3. The van der Waals surface area contributed by atoms with E-state index in [0.717, 1.165) is 30.5 Å². The first-order valence-corrected chi connectivity index (χ1v) is 7.18. The van der Waals surface area contributed by atoms with Crippen molar-refractivity contribution >= 4 is 17.4 Å². The molecular weight excluding hydrogens is 270 g/mol. The molecule has 2 rings (SSSR count). The van der Waals surface area contributed by atoms with E-state index in [1.54, 1.807) is 0 Å². The van der Waals surface area contributed by atoms with Crippen molar-refractivity contribution in [2.75, 3.05) is 18.5 Å². The fourth-order valence-electron chi connectivity index (χ4n) is 2.04. The molecule has 4 heteroatoms. The smallest absolute Gasteiger partial charge is 0.128 e. The molecule has 106 valence electrons. The van der Waals surface area contributed by atoms with Crippen LogP contribution in [-0.2, 0) is 13.1 Å². The van der Waals surface area contributed by atoms with Crippen LogP contribution in [0.15, 0.2) is 42.6 Å². The molecule has 1 aromatic heterocycles. The van der Waals surface area contributed by atoms with Crippen molar-refractivity contribution in [3.05, 3.63) is 58.7 Å². The van der Waals surface area contributed by atoms with Crippen molar-refractivity contribution < 1.29 is 0 Å². The van der Waals surface area contributed by atoms with Gasteiger partial charge in [0.05, 0.1) is 0 Å². The lowest BCUT2D eigenvalue weighted by molar-refractivity contribution is 0.725. The van der Waals surface area contributed by atoms with Crippen LogP contribution in [0, 0.1) is 0 Å². The molecule has 0 bridgehead atoms. The molecule has 0 radical (unpaired) electrons. The molecule has 0 saturated heterocycles. The zero-order valence-electron chi connectivity index (χ0n) is 11.9. The van der Waals surface area contributed by atoms with Crippen molar-refractivity contribution in [2.45, 2.75) is 20.0 Å². The van der Waals surface area contributed by atoms with Gasteiger partial charge in [-0.1, -0.05) is 30.7 Å². The molecule has 0 unspecified atom stereocenters. The normalized spacial score (nSPS) is 10.6. The molecule has 0 amide bonds. The molecule has 1 aromatic carbocycles. The van der Waals surface area contributed by atoms with Crippen LogP contribution in [0.4, 0.5) is 5.82 Å². The van der Waals surface area contributed by atoms with Crippen molar-refractivity contribution in [1.82, 2.24) is 10.3 Å². The van der Waals surface area contributed by atoms with Crippen molar-refractivity contribution in [3.63, 3.8) is 0 Å². The second kappa shape index (κ2) is 7.27. The zero-order chi connectivity index (χ0) is 14.4. The number of pyridine rings is 1. The second-order valence-electron chi connectivity index (χ2n) is 4.79. The van der Waals surface area contributed by atoms with Crippen molar-refractivity contribution in [1.29, 1.82) is 0 Å². The number of halogens is 1. The third kappa shape index (κ3) is 4.22. The van der Waals surface area contributed by atoms with Crippen LogP contribution in [-0.4, -0.2) is 18.6 Å². The van der Waals surface area contributed by atoms with Gasteiger partial charge in [0.1, 0.15) is 5.82 Å². The standard InChI is InChI=1S/C16H20ClN3/c1-3-18-11-13-7-8-19-16(10-13)20(2)12-14-5-4-6-15(17)9-14/h4-10,18H,3,11-12H2,1-2H3. The molecule has 0 aliphatic carbocycles. The number of rotatable bonds is 6. The lowest BCUT2D eigenvalue weighted by Crippen LogP contribution is -2.18. The van der Waals surface area contributed by atoms with Crippen molar-refractivity contribution in [2.24, 2.45) is 0 Å². The number of nitrogens with zero attached hydrogens (tertiary/aromatic N) is 2. The van der Waals surface area contributed by atoms with Gasteiger partial charge in [0.2, 0.25) is 0 Å². The van der Waals surface area contributed by atoms with Crippen LogP contribution < -0.4 is 10.2 Å². The summed E-state index contributed by atoms with van der Waals surface area (Å²) in [6.07, 6.45) is 1.86. The predicted molar refractivity (Wildman–Crippen MR) is 85.2 cm³/mol. The van der Waals surface area contributed by atoms with Gasteiger partial charge in [-0.25, -0.2) is 4.98 Å². The number of benzene rings is 1. The molecule has 0 fully saturated rings. The highest BCUT2D eigenvalue weighted by Crippen LogP contribution is 2.16. The van der Waals surface area contributed by atoms with Gasteiger partial charge in [-0.3, -0.25) is 0 Å². The van der Waals surface area contributed by atoms with E-state index in [1.165, 1.54) is 11.1 Å². The van der Waals surface area contributed by atoms with E-state index in [9.17, 15) is 0 Å². The molecule has 2 aromatic rings. The number of anilines is 1. The second-order valence-corrected chi connectivity index (χ2v) is 5.23. The Balaban J connectivity index is 2.06. The van der Waals surface area contributed by atoms with E-state index in [4.69, 9.17) is 11.6 Å². The summed E-state index contributed by atoms with van der Waals surface area (Å²) < 4.78 is 0. The largest absolute Gasteiger partial charge is 0.355 e. The van der Waals surface area contributed by atoms with Crippen LogP contribution in [0.3, 0.4) is 0 Å². The number of nitrogens with one attached hydrogen (secondary N) is 1. The Hall–Kier alpha value is -1.58. The summed E-state index contributed by atoms with van der Waals surface area (Å²) in [5.41, 5.74) is 2.42. The van der Waals surface area contributed by atoms with Gasteiger partial charge >= 0.3 is 0 Å². The maximum absolute atomic E-state index is 6.01. The summed E-state index contributed by atoms with van der Waals surface area (Å²) in [6, 6.07) is 12.1. The van der Waals surface area contributed by atoms with E-state index in [2.05, 4.69) is 34.3 Å². The predicted octanol–water partition coefficient (Wildman–Crippen LogP) is 3.48. The van der Waals surface area contributed by atoms with Gasteiger partial charge in [-0.2, -0.15) is 0 Å². The van der Waals surface area contributed by atoms with E-state index in [0.29, 0.717) is 0 Å². The first-order chi connectivity index (χ1) is 9.69. The lowest BCUT2D eigenvalue weighted by atomic mass is 10.2. The molecule has 0 spiro atoms. The summed E-state index contributed by atoms with van der Waals surface area (Å²) in [4.78, 5) is 6.56. The first kappa shape index (κ1) is 14.8. The Morgan fingerprint density at radius 2 is 2.05 bits per heavy atom. The van der Waals surface area contributed by atoms with Gasteiger partial charge in [0.25, 0.3) is 0 Å².